The van der Waals surface area contributed by atoms with Crippen molar-refractivity contribution in [2.75, 3.05) is 0 Å². The van der Waals surface area contributed by atoms with Gasteiger partial charge in [0.05, 0.1) is 0 Å². The molecule has 0 fully saturated rings. The summed E-state index contributed by atoms with van der Waals surface area (Å²) in [5.74, 6) is 0.870. The first-order valence-corrected chi connectivity index (χ1v) is 1.90. The van der Waals surface area contributed by atoms with Crippen molar-refractivity contribution in [2.45, 2.75) is 6.92 Å². The van der Waals surface area contributed by atoms with Crippen molar-refractivity contribution >= 4 is 0 Å². The van der Waals surface area contributed by atoms with Gasteiger partial charge >= 0.3 is 0 Å². The zero-order chi connectivity index (χ0) is 3.44. The zero-order valence-corrected chi connectivity index (χ0v) is 3.08. The van der Waals surface area contributed by atoms with E-state index >= 15 is 0 Å². The van der Waals surface area contributed by atoms with Crippen molar-refractivity contribution in [1.82, 2.24) is 5.32 Å². The normalized spacial score (nSPS) is 29.0. The summed E-state index contributed by atoms with van der Waals surface area (Å²) in [5, 5.41) is 3.08. The highest BCUT2D eigenvalue weighted by Crippen LogP contribution is 2.47. The largest absolute Gasteiger partial charge is 0.358 e. The van der Waals surface area contributed by atoms with Gasteiger partial charge in [-0.05, 0) is 0 Å². The van der Waals surface area contributed by atoms with Crippen LogP contribution in [0.2, 0.25) is 0 Å². The summed E-state index contributed by atoms with van der Waals surface area (Å²) in [6, 6.07) is 0. The van der Waals surface area contributed by atoms with Gasteiger partial charge in [-0.3, -0.25) is 0 Å². The average Bonchev–Trinajstić information content (AvgIpc) is 2.11. The van der Waals surface area contributed by atoms with E-state index in [-0.39, 0.29) is 0 Å². The lowest BCUT2D eigenvalue weighted by atomic mass is 10.3. The van der Waals surface area contributed by atoms with E-state index in [1.807, 2.05) is 0 Å². The van der Waals surface area contributed by atoms with E-state index in [2.05, 4.69) is 12.2 Å². The maximum Gasteiger partial charge on any atom is 0.0441 e. The van der Waals surface area contributed by atoms with Crippen LogP contribution in [0, 0.1) is 5.92 Å². The molecule has 1 aliphatic heterocycles. The maximum absolute atomic E-state index is 3.08. The Morgan fingerprint density at radius 3 is 2.00 bits per heavy atom. The lowest BCUT2D eigenvalue weighted by molar-refractivity contribution is 0.812. The number of hydrogen-bond donors (Lipinski definition) is 1. The molecular weight excluding hydrogens is 62.1 g/mol. The van der Waals surface area contributed by atoms with Crippen molar-refractivity contribution in [2.24, 2.45) is 5.92 Å². The first-order chi connectivity index (χ1) is 2.39. The van der Waals surface area contributed by atoms with Crippen molar-refractivity contribution < 1.29 is 0 Å². The van der Waals surface area contributed by atoms with Crippen LogP contribution in [0.1, 0.15) is 6.92 Å². The van der Waals surface area contributed by atoms with Gasteiger partial charge < -0.3 is 5.32 Å². The van der Waals surface area contributed by atoms with E-state index in [4.69, 9.17) is 0 Å². The highest BCUT2D eigenvalue weighted by Gasteiger charge is 2.46. The Morgan fingerprint density at radius 1 is 1.60 bits per heavy atom. The van der Waals surface area contributed by atoms with E-state index in [1.165, 1.54) is 11.4 Å². The summed E-state index contributed by atoms with van der Waals surface area (Å²) in [5.41, 5.74) is 3.01. The maximum atomic E-state index is 3.08. The fraction of sp³-hybridized carbons (Fsp3) is 0.500. The molecule has 0 unspecified atom stereocenters. The third-order valence-electron chi connectivity index (χ3n) is 1.28. The van der Waals surface area contributed by atoms with Crippen LogP contribution in [-0.2, 0) is 0 Å². The standard InChI is InChI=1S/C4H5N/c1-2-3-4(2)5-3/h2,5H,1H3. The minimum Gasteiger partial charge on any atom is -0.358 e. The second kappa shape index (κ2) is 0.251. The number of rotatable bonds is 0. The van der Waals surface area contributed by atoms with E-state index in [1.54, 1.807) is 0 Å². The molecule has 26 valence electrons. The van der Waals surface area contributed by atoms with Crippen LogP contribution in [-0.4, -0.2) is 0 Å². The third kappa shape index (κ3) is 0.0630. The molecule has 0 radical (unpaired) electrons. The summed E-state index contributed by atoms with van der Waals surface area (Å²) in [6.07, 6.45) is 0. The van der Waals surface area contributed by atoms with Crippen molar-refractivity contribution in [3.05, 3.63) is 11.4 Å². The van der Waals surface area contributed by atoms with Gasteiger partial charge in [-0.15, -0.1) is 0 Å². The molecule has 0 saturated carbocycles. The first-order valence-electron chi connectivity index (χ1n) is 1.90. The molecule has 5 heavy (non-hydrogen) atoms. The van der Waals surface area contributed by atoms with Gasteiger partial charge in [0.25, 0.3) is 0 Å². The molecule has 0 amide bonds. The predicted octanol–water partition coefficient (Wildman–Crippen LogP) is 0.451. The van der Waals surface area contributed by atoms with Crippen LogP contribution in [0.4, 0.5) is 0 Å². The van der Waals surface area contributed by atoms with Gasteiger partial charge in [0, 0.05) is 17.3 Å². The van der Waals surface area contributed by atoms with E-state index in [9.17, 15) is 0 Å². The van der Waals surface area contributed by atoms with Gasteiger partial charge in [-0.2, -0.15) is 0 Å². The summed E-state index contributed by atoms with van der Waals surface area (Å²) < 4.78 is 0. The number of nitrogens with one attached hydrogen (secondary N) is 1. The molecule has 1 heteroatoms. The van der Waals surface area contributed by atoms with Crippen LogP contribution in [0.25, 0.3) is 0 Å². The molecule has 0 aromatic carbocycles. The smallest absolute Gasteiger partial charge is 0.0441 e. The van der Waals surface area contributed by atoms with Crippen LogP contribution in [0.3, 0.4) is 0 Å². The van der Waals surface area contributed by atoms with Gasteiger partial charge in [0.15, 0.2) is 0 Å². The lowest BCUT2D eigenvalue weighted by Gasteiger charge is -1.92. The fourth-order valence-electron chi connectivity index (χ4n) is 0.589. The minimum atomic E-state index is 0.870. The second-order valence-electron chi connectivity index (χ2n) is 1.67. The number of allylic oxidation sites excluding steroid dienone is 2. The monoisotopic (exact) mass is 67.0 g/mol. The molecule has 1 heterocycles. The average molecular weight is 67.1 g/mol. The Bertz CT molecular complexity index is 101. The predicted molar refractivity (Wildman–Crippen MR) is 19.3 cm³/mol. The second-order valence-corrected chi connectivity index (χ2v) is 1.67. The molecule has 2 rings (SSSR count). The topological polar surface area (TPSA) is 21.9 Å². The lowest BCUT2D eigenvalue weighted by Crippen LogP contribution is -2.00. The molecule has 1 aliphatic carbocycles. The first kappa shape index (κ1) is 1.85. The van der Waals surface area contributed by atoms with Crippen molar-refractivity contribution in [3.63, 3.8) is 0 Å². The molecular formula is C4H5N. The Hall–Kier alpha value is -0.460. The summed E-state index contributed by atoms with van der Waals surface area (Å²) in [7, 11) is 0. The Morgan fingerprint density at radius 2 is 2.00 bits per heavy atom. The fourth-order valence-corrected chi connectivity index (χ4v) is 0.589. The molecule has 0 atom stereocenters. The highest BCUT2D eigenvalue weighted by molar-refractivity contribution is 5.54. The zero-order valence-electron chi connectivity index (χ0n) is 3.08. The highest BCUT2D eigenvalue weighted by atomic mass is 15.2. The van der Waals surface area contributed by atoms with Crippen LogP contribution >= 0.6 is 0 Å². The molecule has 2 aliphatic rings. The molecule has 1 N–H and O–H groups in total. The van der Waals surface area contributed by atoms with Crippen LogP contribution in [0.5, 0.6) is 0 Å². The van der Waals surface area contributed by atoms with E-state index in [0.717, 1.165) is 5.92 Å². The summed E-state index contributed by atoms with van der Waals surface area (Å²) in [6.45, 7) is 2.21. The Labute approximate surface area is 30.7 Å². The molecule has 0 aromatic rings. The molecule has 0 saturated heterocycles. The van der Waals surface area contributed by atoms with Crippen molar-refractivity contribution in [3.8, 4) is 0 Å². The Balaban J connectivity index is 2.32. The molecule has 1 nitrogen and oxygen atoms in total. The quantitative estimate of drug-likeness (QED) is 0.436. The van der Waals surface area contributed by atoms with E-state index in [0.29, 0.717) is 0 Å². The SMILES string of the molecule is CC1C2=C1N2. The van der Waals surface area contributed by atoms with Gasteiger partial charge in [0.2, 0.25) is 0 Å². The van der Waals surface area contributed by atoms with Crippen LogP contribution < -0.4 is 5.32 Å². The summed E-state index contributed by atoms with van der Waals surface area (Å²) >= 11 is 0. The van der Waals surface area contributed by atoms with E-state index < -0.39 is 0 Å². The van der Waals surface area contributed by atoms with Crippen LogP contribution in [0.15, 0.2) is 11.4 Å². The van der Waals surface area contributed by atoms with Gasteiger partial charge in [-0.1, -0.05) is 6.92 Å². The van der Waals surface area contributed by atoms with Crippen molar-refractivity contribution in [1.29, 1.82) is 0 Å². The molecule has 0 aromatic heterocycles. The molecule has 0 spiro atoms. The third-order valence-corrected chi connectivity index (χ3v) is 1.28. The van der Waals surface area contributed by atoms with Gasteiger partial charge in [-0.25, -0.2) is 0 Å². The Kier molecular flexibility index (Phi) is 0.0930. The number of hydrogen-bond acceptors (Lipinski definition) is 1. The summed E-state index contributed by atoms with van der Waals surface area (Å²) in [4.78, 5) is 0. The van der Waals surface area contributed by atoms with Gasteiger partial charge in [0.1, 0.15) is 0 Å². The molecule has 0 bridgehead atoms. The minimum absolute atomic E-state index is 0.870.